The number of non-ortho nitro benzene ring substituents is 1. The molecule has 2 aromatic carbocycles. The summed E-state index contributed by atoms with van der Waals surface area (Å²) >= 11 is 0. The summed E-state index contributed by atoms with van der Waals surface area (Å²) < 4.78 is 0. The number of aromatic nitrogens is 2. The van der Waals surface area contributed by atoms with Gasteiger partial charge in [-0.05, 0) is 37.3 Å². The summed E-state index contributed by atoms with van der Waals surface area (Å²) in [5.41, 5.74) is 2.27. The topological polar surface area (TPSA) is 124 Å². The number of H-pyrrole nitrogens is 1. The second-order valence-corrected chi connectivity index (χ2v) is 5.74. The number of rotatable bonds is 7. The van der Waals surface area contributed by atoms with E-state index in [1.807, 2.05) is 31.2 Å². The van der Waals surface area contributed by atoms with Crippen molar-refractivity contribution < 1.29 is 4.92 Å². The molecule has 0 radical (unpaired) electrons. The van der Waals surface area contributed by atoms with Gasteiger partial charge >= 0.3 is 0 Å². The first-order valence-corrected chi connectivity index (χ1v) is 8.38. The van der Waals surface area contributed by atoms with E-state index in [9.17, 15) is 10.1 Å². The molecule has 9 heteroatoms. The Kier molecular flexibility index (Phi) is 5.37. The zero-order chi connectivity index (χ0) is 19.2. The number of fused-ring (bicyclic) bond motifs is 1. The Morgan fingerprint density at radius 3 is 2.70 bits per heavy atom. The van der Waals surface area contributed by atoms with Crippen molar-refractivity contribution in [3.05, 3.63) is 52.6 Å². The number of nitriles is 1. The molecule has 0 aliphatic rings. The van der Waals surface area contributed by atoms with Gasteiger partial charge < -0.3 is 4.90 Å². The number of hydrogen-bond donors (Lipinski definition) is 1. The van der Waals surface area contributed by atoms with Crippen LogP contribution in [0.1, 0.15) is 13.3 Å². The monoisotopic (exact) mass is 363 g/mol. The van der Waals surface area contributed by atoms with Crippen molar-refractivity contribution in [2.75, 3.05) is 18.0 Å². The van der Waals surface area contributed by atoms with Crippen LogP contribution in [0, 0.1) is 21.4 Å². The molecule has 1 aromatic heterocycles. The Balaban J connectivity index is 1.80. The van der Waals surface area contributed by atoms with Gasteiger partial charge in [-0.3, -0.25) is 15.2 Å². The summed E-state index contributed by atoms with van der Waals surface area (Å²) in [4.78, 5) is 12.6. The van der Waals surface area contributed by atoms with Crippen LogP contribution in [0.15, 0.2) is 52.7 Å². The highest BCUT2D eigenvalue weighted by atomic mass is 16.6. The molecule has 0 saturated carbocycles. The molecule has 0 amide bonds. The van der Waals surface area contributed by atoms with Crippen LogP contribution in [-0.4, -0.2) is 28.2 Å². The second kappa shape index (κ2) is 8.05. The Morgan fingerprint density at radius 1 is 1.26 bits per heavy atom. The third kappa shape index (κ3) is 4.07. The molecule has 9 nitrogen and oxygen atoms in total. The average Bonchev–Trinajstić information content (AvgIpc) is 3.10. The van der Waals surface area contributed by atoms with Crippen LogP contribution in [0.4, 0.5) is 22.9 Å². The maximum Gasteiger partial charge on any atom is 0.270 e. The highest BCUT2D eigenvalue weighted by Gasteiger charge is 2.11. The maximum atomic E-state index is 10.9. The number of nitrogens with zero attached hydrogens (tertiary/aromatic N) is 6. The molecular formula is C18H17N7O2. The van der Waals surface area contributed by atoms with Gasteiger partial charge in [-0.2, -0.15) is 10.4 Å². The molecule has 0 aliphatic heterocycles. The molecular weight excluding hydrogens is 346 g/mol. The van der Waals surface area contributed by atoms with Crippen molar-refractivity contribution in [1.29, 1.82) is 5.26 Å². The van der Waals surface area contributed by atoms with Crippen LogP contribution in [0.5, 0.6) is 0 Å². The van der Waals surface area contributed by atoms with Crippen molar-refractivity contribution in [2.45, 2.75) is 13.3 Å². The van der Waals surface area contributed by atoms with E-state index in [0.29, 0.717) is 35.4 Å². The standard InChI is InChI=1S/C18H17N7O2/c1-2-24(11-3-10-19)14-6-4-13(5-7-14)20-22-18-16-12-15(25(26)27)8-9-17(16)21-23-18/h4-9,12H,2-3,11H2,1H3,(H,21,23). The highest BCUT2D eigenvalue weighted by molar-refractivity contribution is 5.89. The fourth-order valence-corrected chi connectivity index (χ4v) is 2.67. The number of nitrogens with one attached hydrogen (secondary N) is 1. The van der Waals surface area contributed by atoms with Crippen LogP contribution >= 0.6 is 0 Å². The fraction of sp³-hybridized carbons (Fsp3) is 0.222. The minimum absolute atomic E-state index is 0.0262. The second-order valence-electron chi connectivity index (χ2n) is 5.74. The molecule has 27 heavy (non-hydrogen) atoms. The number of hydrogen-bond acceptors (Lipinski definition) is 7. The molecule has 1 N–H and O–H groups in total. The fourth-order valence-electron chi connectivity index (χ4n) is 2.67. The molecule has 0 unspecified atom stereocenters. The Bertz CT molecular complexity index is 1020. The van der Waals surface area contributed by atoms with Crippen molar-refractivity contribution in [1.82, 2.24) is 10.2 Å². The van der Waals surface area contributed by atoms with E-state index in [2.05, 4.69) is 31.4 Å². The lowest BCUT2D eigenvalue weighted by Crippen LogP contribution is -2.23. The SMILES string of the molecule is CCN(CCC#N)c1ccc(N=Nc2n[nH]c3ccc([N+](=O)[O-])cc23)cc1. The van der Waals surface area contributed by atoms with Gasteiger partial charge in [-0.15, -0.1) is 10.2 Å². The molecule has 3 aromatic rings. The van der Waals surface area contributed by atoms with Gasteiger partial charge in [0.25, 0.3) is 5.69 Å². The summed E-state index contributed by atoms with van der Waals surface area (Å²) in [6, 6.07) is 14.1. The number of anilines is 1. The van der Waals surface area contributed by atoms with E-state index in [4.69, 9.17) is 5.26 Å². The lowest BCUT2D eigenvalue weighted by Gasteiger charge is -2.21. The molecule has 0 spiro atoms. The van der Waals surface area contributed by atoms with Crippen LogP contribution in [0.2, 0.25) is 0 Å². The third-order valence-electron chi connectivity index (χ3n) is 4.09. The van der Waals surface area contributed by atoms with E-state index in [1.165, 1.54) is 12.1 Å². The van der Waals surface area contributed by atoms with Crippen LogP contribution in [0.25, 0.3) is 10.9 Å². The van der Waals surface area contributed by atoms with Gasteiger partial charge in [-0.1, -0.05) is 0 Å². The first-order valence-electron chi connectivity index (χ1n) is 8.38. The van der Waals surface area contributed by atoms with E-state index < -0.39 is 4.92 Å². The number of nitro benzene ring substituents is 1. The Morgan fingerprint density at radius 2 is 2.04 bits per heavy atom. The molecule has 3 rings (SSSR count). The van der Waals surface area contributed by atoms with Crippen molar-refractivity contribution in [3.63, 3.8) is 0 Å². The molecule has 0 fully saturated rings. The Labute approximate surface area is 155 Å². The van der Waals surface area contributed by atoms with Crippen molar-refractivity contribution >= 4 is 33.8 Å². The third-order valence-corrected chi connectivity index (χ3v) is 4.09. The minimum atomic E-state index is -0.460. The van der Waals surface area contributed by atoms with Gasteiger partial charge in [0.05, 0.1) is 34.0 Å². The average molecular weight is 363 g/mol. The highest BCUT2D eigenvalue weighted by Crippen LogP contribution is 2.29. The normalized spacial score (nSPS) is 11.0. The van der Waals surface area contributed by atoms with Gasteiger partial charge in [0.1, 0.15) is 0 Å². The minimum Gasteiger partial charge on any atom is -0.371 e. The van der Waals surface area contributed by atoms with Crippen LogP contribution < -0.4 is 4.90 Å². The molecule has 1 heterocycles. The summed E-state index contributed by atoms with van der Waals surface area (Å²) in [6.07, 6.45) is 0.466. The van der Waals surface area contributed by atoms with Crippen molar-refractivity contribution in [2.24, 2.45) is 10.2 Å². The smallest absolute Gasteiger partial charge is 0.270 e. The van der Waals surface area contributed by atoms with E-state index in [0.717, 1.165) is 12.2 Å². The predicted molar refractivity (Wildman–Crippen MR) is 101 cm³/mol. The van der Waals surface area contributed by atoms with E-state index >= 15 is 0 Å². The first kappa shape index (κ1) is 18.0. The summed E-state index contributed by atoms with van der Waals surface area (Å²) in [6.45, 7) is 3.51. The lowest BCUT2D eigenvalue weighted by atomic mass is 10.2. The number of azo groups is 1. The quantitative estimate of drug-likeness (QED) is 0.372. The summed E-state index contributed by atoms with van der Waals surface area (Å²) in [7, 11) is 0. The van der Waals surface area contributed by atoms with E-state index in [-0.39, 0.29) is 5.69 Å². The number of nitro groups is 1. The lowest BCUT2D eigenvalue weighted by molar-refractivity contribution is -0.384. The molecule has 0 bridgehead atoms. The van der Waals surface area contributed by atoms with Crippen LogP contribution in [-0.2, 0) is 0 Å². The van der Waals surface area contributed by atoms with Crippen molar-refractivity contribution in [3.8, 4) is 6.07 Å². The van der Waals surface area contributed by atoms with Crippen LogP contribution in [0.3, 0.4) is 0 Å². The molecule has 0 saturated heterocycles. The summed E-state index contributed by atoms with van der Waals surface area (Å²) in [5.74, 6) is 0.294. The Hall–Kier alpha value is -3.80. The zero-order valence-electron chi connectivity index (χ0n) is 14.7. The molecule has 0 atom stereocenters. The van der Waals surface area contributed by atoms with Gasteiger partial charge in [0.15, 0.2) is 0 Å². The predicted octanol–water partition coefficient (Wildman–Crippen LogP) is 4.63. The number of aromatic amines is 1. The zero-order valence-corrected chi connectivity index (χ0v) is 14.7. The van der Waals surface area contributed by atoms with E-state index in [1.54, 1.807) is 6.07 Å². The van der Waals surface area contributed by atoms with Gasteiger partial charge in [0.2, 0.25) is 5.82 Å². The van der Waals surface area contributed by atoms with Gasteiger partial charge in [0, 0.05) is 30.9 Å². The maximum absolute atomic E-state index is 10.9. The molecule has 136 valence electrons. The largest absolute Gasteiger partial charge is 0.371 e. The summed E-state index contributed by atoms with van der Waals surface area (Å²) in [5, 5.41) is 35.3. The van der Waals surface area contributed by atoms with Gasteiger partial charge in [-0.25, -0.2) is 0 Å². The first-order chi connectivity index (χ1) is 13.1. The molecule has 0 aliphatic carbocycles. The number of benzene rings is 2.